The first-order valence-corrected chi connectivity index (χ1v) is 6.51. The van der Waals surface area contributed by atoms with E-state index in [1.165, 1.54) is 31.4 Å². The number of carbonyl (C=O) groups is 1. The Balaban J connectivity index is 3.00. The number of sulfone groups is 1. The quantitative estimate of drug-likeness (QED) is 0.737. The average molecular weight is 242 g/mol. The van der Waals surface area contributed by atoms with E-state index in [4.69, 9.17) is 0 Å². The van der Waals surface area contributed by atoms with Gasteiger partial charge < -0.3 is 4.74 Å². The molecule has 1 rings (SSSR count). The lowest BCUT2D eigenvalue weighted by molar-refractivity contribution is 0.0988. The highest BCUT2D eigenvalue weighted by atomic mass is 32.2. The van der Waals surface area contributed by atoms with Crippen molar-refractivity contribution in [1.82, 2.24) is 0 Å². The number of ketones is 1. The minimum atomic E-state index is -3.39. The van der Waals surface area contributed by atoms with E-state index in [2.05, 4.69) is 4.74 Å². The van der Waals surface area contributed by atoms with E-state index in [1.807, 2.05) is 0 Å². The summed E-state index contributed by atoms with van der Waals surface area (Å²) >= 11 is 0. The highest BCUT2D eigenvalue weighted by molar-refractivity contribution is 7.91. The van der Waals surface area contributed by atoms with Gasteiger partial charge in [-0.3, -0.25) is 4.79 Å². The van der Waals surface area contributed by atoms with Gasteiger partial charge in [-0.2, -0.15) is 0 Å². The fourth-order valence-corrected chi connectivity index (χ4v) is 2.27. The Labute approximate surface area is 95.2 Å². The van der Waals surface area contributed by atoms with Crippen molar-refractivity contribution in [3.63, 3.8) is 0 Å². The molecule has 0 fully saturated rings. The highest BCUT2D eigenvalue weighted by Crippen LogP contribution is 2.13. The van der Waals surface area contributed by atoms with Crippen LogP contribution in [0.15, 0.2) is 29.2 Å². The SMILES string of the molecule is CCC(=O)c1ccc(S(=O)(=O)COC)cc1. The summed E-state index contributed by atoms with van der Waals surface area (Å²) in [6.07, 6.45) is 0.407. The Morgan fingerprint density at radius 2 is 1.81 bits per heavy atom. The monoisotopic (exact) mass is 242 g/mol. The summed E-state index contributed by atoms with van der Waals surface area (Å²) in [5, 5.41) is 0. The van der Waals surface area contributed by atoms with Gasteiger partial charge in [0.05, 0.1) is 4.90 Å². The molecule has 0 aliphatic heterocycles. The van der Waals surface area contributed by atoms with Gasteiger partial charge in [-0.1, -0.05) is 19.1 Å². The van der Waals surface area contributed by atoms with Gasteiger partial charge in [-0.25, -0.2) is 8.42 Å². The van der Waals surface area contributed by atoms with Crippen molar-refractivity contribution in [3.05, 3.63) is 29.8 Å². The summed E-state index contributed by atoms with van der Waals surface area (Å²) in [5.74, 6) is -0.357. The molecule has 0 aliphatic rings. The molecule has 0 heterocycles. The molecular formula is C11H14O4S. The molecule has 1 aromatic carbocycles. The molecule has 0 spiro atoms. The zero-order valence-corrected chi connectivity index (χ0v) is 10.1. The van der Waals surface area contributed by atoms with Crippen molar-refractivity contribution < 1.29 is 17.9 Å². The second-order valence-electron chi connectivity index (χ2n) is 3.32. The molecule has 0 unspecified atom stereocenters. The molecule has 5 heteroatoms. The molecular weight excluding hydrogens is 228 g/mol. The summed E-state index contributed by atoms with van der Waals surface area (Å²) in [6.45, 7) is 1.76. The smallest absolute Gasteiger partial charge is 0.202 e. The first kappa shape index (κ1) is 12.9. The van der Waals surface area contributed by atoms with Gasteiger partial charge in [0, 0.05) is 19.1 Å². The van der Waals surface area contributed by atoms with Gasteiger partial charge in [-0.15, -0.1) is 0 Å². The normalized spacial score (nSPS) is 11.4. The van der Waals surface area contributed by atoms with Crippen molar-refractivity contribution >= 4 is 15.6 Å². The van der Waals surface area contributed by atoms with E-state index >= 15 is 0 Å². The molecule has 0 radical (unpaired) electrons. The number of Topliss-reactive ketones (excluding diaryl/α,β-unsaturated/α-hetero) is 1. The molecule has 1 aromatic rings. The van der Waals surface area contributed by atoms with E-state index in [0.29, 0.717) is 12.0 Å². The number of rotatable bonds is 5. The Morgan fingerprint density at radius 1 is 1.25 bits per heavy atom. The number of methoxy groups -OCH3 is 1. The van der Waals surface area contributed by atoms with Crippen LogP contribution >= 0.6 is 0 Å². The summed E-state index contributed by atoms with van der Waals surface area (Å²) in [4.78, 5) is 11.5. The predicted molar refractivity (Wildman–Crippen MR) is 60.1 cm³/mol. The Bertz CT molecular complexity index is 459. The van der Waals surface area contributed by atoms with Gasteiger partial charge in [0.2, 0.25) is 9.84 Å². The van der Waals surface area contributed by atoms with Crippen LogP contribution in [0.4, 0.5) is 0 Å². The van der Waals surface area contributed by atoms with Crippen LogP contribution in [0.25, 0.3) is 0 Å². The third-order valence-corrected chi connectivity index (χ3v) is 3.67. The molecule has 0 saturated heterocycles. The lowest BCUT2D eigenvalue weighted by Crippen LogP contribution is -2.08. The van der Waals surface area contributed by atoms with E-state index in [1.54, 1.807) is 6.92 Å². The molecule has 0 aromatic heterocycles. The fourth-order valence-electron chi connectivity index (χ4n) is 1.28. The van der Waals surface area contributed by atoms with E-state index in [9.17, 15) is 13.2 Å². The largest absolute Gasteiger partial charge is 0.368 e. The average Bonchev–Trinajstić information content (AvgIpc) is 2.28. The first-order valence-electron chi connectivity index (χ1n) is 4.86. The second kappa shape index (κ2) is 5.23. The zero-order valence-electron chi connectivity index (χ0n) is 9.26. The Morgan fingerprint density at radius 3 is 2.25 bits per heavy atom. The first-order chi connectivity index (χ1) is 7.51. The fraction of sp³-hybridized carbons (Fsp3) is 0.364. The topological polar surface area (TPSA) is 60.4 Å². The van der Waals surface area contributed by atoms with Crippen LogP contribution in [-0.4, -0.2) is 27.2 Å². The minimum absolute atomic E-state index is 0.00399. The number of hydrogen-bond acceptors (Lipinski definition) is 4. The molecule has 0 amide bonds. The molecule has 4 nitrogen and oxygen atoms in total. The maximum atomic E-state index is 11.6. The maximum absolute atomic E-state index is 11.6. The Hall–Kier alpha value is -1.20. The third kappa shape index (κ3) is 2.90. The summed E-state index contributed by atoms with van der Waals surface area (Å²) in [7, 11) is -2.07. The van der Waals surface area contributed by atoms with Crippen molar-refractivity contribution in [2.24, 2.45) is 0 Å². The number of hydrogen-bond donors (Lipinski definition) is 0. The predicted octanol–water partition coefficient (Wildman–Crippen LogP) is 1.66. The van der Waals surface area contributed by atoms with Crippen molar-refractivity contribution in [1.29, 1.82) is 0 Å². The molecule has 0 aliphatic carbocycles. The zero-order chi connectivity index (χ0) is 12.2. The third-order valence-electron chi connectivity index (χ3n) is 2.13. The van der Waals surface area contributed by atoms with Crippen LogP contribution in [-0.2, 0) is 14.6 Å². The van der Waals surface area contributed by atoms with Crippen LogP contribution in [0, 0.1) is 0 Å². The summed E-state index contributed by atoms with van der Waals surface area (Å²) < 4.78 is 27.8. The van der Waals surface area contributed by atoms with Crippen molar-refractivity contribution in [2.45, 2.75) is 18.2 Å². The van der Waals surface area contributed by atoms with Crippen molar-refractivity contribution in [3.8, 4) is 0 Å². The lowest BCUT2D eigenvalue weighted by Gasteiger charge is -2.03. The van der Waals surface area contributed by atoms with Crippen LogP contribution in [0.2, 0.25) is 0 Å². The highest BCUT2D eigenvalue weighted by Gasteiger charge is 2.14. The second-order valence-corrected chi connectivity index (χ2v) is 5.26. The van der Waals surface area contributed by atoms with Gasteiger partial charge in [0.25, 0.3) is 0 Å². The molecule has 16 heavy (non-hydrogen) atoms. The molecule has 88 valence electrons. The number of ether oxygens (including phenoxy) is 1. The van der Waals surface area contributed by atoms with Crippen LogP contribution < -0.4 is 0 Å². The lowest BCUT2D eigenvalue weighted by atomic mass is 10.1. The van der Waals surface area contributed by atoms with Gasteiger partial charge in [0.15, 0.2) is 11.7 Å². The summed E-state index contributed by atoms with van der Waals surface area (Å²) in [6, 6.07) is 5.90. The number of benzene rings is 1. The van der Waals surface area contributed by atoms with Crippen LogP contribution in [0.3, 0.4) is 0 Å². The summed E-state index contributed by atoms with van der Waals surface area (Å²) in [5.41, 5.74) is 0.527. The van der Waals surface area contributed by atoms with Crippen LogP contribution in [0.1, 0.15) is 23.7 Å². The maximum Gasteiger partial charge on any atom is 0.202 e. The van der Waals surface area contributed by atoms with Crippen molar-refractivity contribution in [2.75, 3.05) is 13.0 Å². The van der Waals surface area contributed by atoms with Gasteiger partial charge in [0.1, 0.15) is 0 Å². The molecule has 0 atom stereocenters. The Kier molecular flexibility index (Phi) is 4.20. The molecule has 0 saturated carbocycles. The standard InChI is InChI=1S/C11H14O4S/c1-3-11(12)9-4-6-10(7-5-9)16(13,14)8-15-2/h4-7H,3,8H2,1-2H3. The van der Waals surface area contributed by atoms with Gasteiger partial charge in [-0.05, 0) is 12.1 Å². The molecule has 0 N–H and O–H groups in total. The van der Waals surface area contributed by atoms with E-state index in [0.717, 1.165) is 0 Å². The molecule has 0 bridgehead atoms. The van der Waals surface area contributed by atoms with Gasteiger partial charge >= 0.3 is 0 Å². The number of carbonyl (C=O) groups excluding carboxylic acids is 1. The minimum Gasteiger partial charge on any atom is -0.368 e. The van der Waals surface area contributed by atoms with E-state index in [-0.39, 0.29) is 16.6 Å². The van der Waals surface area contributed by atoms with Crippen LogP contribution in [0.5, 0.6) is 0 Å². The van der Waals surface area contributed by atoms with E-state index < -0.39 is 9.84 Å².